The Balaban J connectivity index is 1.21. The first-order valence-electron chi connectivity index (χ1n) is 14.2. The number of imide groups is 1. The number of aromatic hydroxyl groups is 1. The number of fused-ring (bicyclic) bond motifs is 3. The average Bonchev–Trinajstić information content (AvgIpc) is 3.40. The van der Waals surface area contributed by atoms with Gasteiger partial charge in [-0.05, 0) is 55.4 Å². The highest BCUT2D eigenvalue weighted by Crippen LogP contribution is 2.59. The van der Waals surface area contributed by atoms with Crippen LogP contribution in [0.5, 0.6) is 5.75 Å². The molecule has 6 atom stereocenters. The molecule has 3 aliphatic heterocycles. The molecule has 0 bridgehead atoms. The molecule has 2 N–H and O–H groups in total. The highest BCUT2D eigenvalue weighted by Gasteiger charge is 2.67. The number of piperidine rings is 1. The van der Waals surface area contributed by atoms with Crippen molar-refractivity contribution in [1.82, 2.24) is 9.80 Å². The van der Waals surface area contributed by atoms with Crippen LogP contribution in [-0.2, 0) is 20.9 Å². The van der Waals surface area contributed by atoms with Crippen LogP contribution in [0.1, 0.15) is 62.7 Å². The predicted molar refractivity (Wildman–Crippen MR) is 142 cm³/mol. The van der Waals surface area contributed by atoms with Crippen molar-refractivity contribution in [2.24, 2.45) is 23.7 Å². The van der Waals surface area contributed by atoms with E-state index in [4.69, 9.17) is 4.74 Å². The molecule has 3 heterocycles. The SMILES string of the molecule is CCC[C@H]1C[C@@H]2C(=O)N(C3CCN(Cc4ccccc4)CC3)C(=O)[C@@H]2[C@@H]2C[C@@H](c3cccc(O)c3)O[C@]12O. The summed E-state index contributed by atoms with van der Waals surface area (Å²) in [6.45, 7) is 4.65. The predicted octanol–water partition coefficient (Wildman–Crippen LogP) is 4.24. The molecule has 7 heteroatoms. The van der Waals surface area contributed by atoms with Crippen LogP contribution >= 0.6 is 0 Å². The monoisotopic (exact) mass is 518 g/mol. The van der Waals surface area contributed by atoms with Gasteiger partial charge >= 0.3 is 0 Å². The summed E-state index contributed by atoms with van der Waals surface area (Å²) in [6, 6.07) is 17.2. The van der Waals surface area contributed by atoms with E-state index in [1.165, 1.54) is 5.56 Å². The fourth-order valence-corrected chi connectivity index (χ4v) is 7.65. The van der Waals surface area contributed by atoms with Crippen LogP contribution in [0.25, 0.3) is 0 Å². The van der Waals surface area contributed by atoms with Crippen molar-refractivity contribution in [2.75, 3.05) is 13.1 Å². The quantitative estimate of drug-likeness (QED) is 0.556. The molecular weight excluding hydrogens is 480 g/mol. The molecule has 7 nitrogen and oxygen atoms in total. The summed E-state index contributed by atoms with van der Waals surface area (Å²) in [5.41, 5.74) is 2.06. The van der Waals surface area contributed by atoms with E-state index in [0.717, 1.165) is 50.9 Å². The first-order chi connectivity index (χ1) is 18.4. The van der Waals surface area contributed by atoms with Gasteiger partial charge in [-0.1, -0.05) is 55.8 Å². The smallest absolute Gasteiger partial charge is 0.233 e. The van der Waals surface area contributed by atoms with Gasteiger partial charge < -0.3 is 14.9 Å². The molecule has 2 aromatic carbocycles. The van der Waals surface area contributed by atoms with Crippen molar-refractivity contribution >= 4 is 11.8 Å². The zero-order valence-corrected chi connectivity index (χ0v) is 22.0. The number of phenolic OH excluding ortho intramolecular Hbond substituents is 1. The summed E-state index contributed by atoms with van der Waals surface area (Å²) >= 11 is 0. The largest absolute Gasteiger partial charge is 0.508 e. The highest BCUT2D eigenvalue weighted by molar-refractivity contribution is 6.05. The van der Waals surface area contributed by atoms with Crippen molar-refractivity contribution in [3.05, 3.63) is 65.7 Å². The van der Waals surface area contributed by atoms with Gasteiger partial charge in [-0.15, -0.1) is 0 Å². The molecule has 3 saturated heterocycles. The fraction of sp³-hybridized carbons (Fsp3) is 0.548. The van der Waals surface area contributed by atoms with Crippen LogP contribution in [0.3, 0.4) is 0 Å². The Kier molecular flexibility index (Phi) is 6.79. The molecule has 0 spiro atoms. The van der Waals surface area contributed by atoms with Crippen molar-refractivity contribution in [3.8, 4) is 5.75 Å². The Morgan fingerprint density at radius 2 is 1.76 bits per heavy atom. The molecule has 4 fully saturated rings. The van der Waals surface area contributed by atoms with Crippen LogP contribution in [0, 0.1) is 23.7 Å². The summed E-state index contributed by atoms with van der Waals surface area (Å²) in [6.07, 6.45) is 3.67. The Hall–Kier alpha value is -2.74. The standard InChI is InChI=1S/C31H38N2O5/c1-2-7-22-17-25-28(26-18-27(38-31(22,26)37)21-10-6-11-24(34)16-21)30(36)33(29(25)35)23-12-14-32(15-13-23)19-20-8-4-3-5-9-20/h3-6,8-11,16,22-23,25-28,34,37H,2,7,12-15,17-19H2,1H3/t22-,25-,26-,27-,28-,31+/m0/s1. The lowest BCUT2D eigenvalue weighted by Gasteiger charge is -2.44. The Bertz CT molecular complexity index is 1180. The van der Waals surface area contributed by atoms with E-state index in [-0.39, 0.29) is 29.5 Å². The molecule has 0 unspecified atom stereocenters. The normalized spacial score (nSPS) is 33.9. The summed E-state index contributed by atoms with van der Waals surface area (Å²) < 4.78 is 6.36. The molecule has 1 saturated carbocycles. The number of phenols is 1. The van der Waals surface area contributed by atoms with E-state index in [2.05, 4.69) is 36.1 Å². The lowest BCUT2D eigenvalue weighted by molar-refractivity contribution is -0.270. The second kappa shape index (κ2) is 10.1. The van der Waals surface area contributed by atoms with E-state index in [0.29, 0.717) is 12.8 Å². The van der Waals surface area contributed by atoms with Crippen LogP contribution < -0.4 is 0 Å². The van der Waals surface area contributed by atoms with Gasteiger partial charge in [-0.3, -0.25) is 19.4 Å². The average molecular weight is 519 g/mol. The van der Waals surface area contributed by atoms with Crippen molar-refractivity contribution in [1.29, 1.82) is 0 Å². The van der Waals surface area contributed by atoms with Gasteiger partial charge in [0.15, 0.2) is 5.79 Å². The van der Waals surface area contributed by atoms with Gasteiger partial charge in [0, 0.05) is 37.5 Å². The molecule has 0 aromatic heterocycles. The lowest BCUT2D eigenvalue weighted by Crippen LogP contribution is -2.53. The van der Waals surface area contributed by atoms with Crippen LogP contribution in [0.2, 0.25) is 0 Å². The third kappa shape index (κ3) is 4.34. The maximum Gasteiger partial charge on any atom is 0.233 e. The van der Waals surface area contributed by atoms with E-state index in [1.807, 2.05) is 12.1 Å². The highest BCUT2D eigenvalue weighted by atomic mass is 16.6. The number of nitrogens with zero attached hydrogens (tertiary/aromatic N) is 2. The van der Waals surface area contributed by atoms with Crippen molar-refractivity contribution < 1.29 is 24.5 Å². The number of hydrogen-bond acceptors (Lipinski definition) is 6. The van der Waals surface area contributed by atoms with E-state index in [1.54, 1.807) is 23.1 Å². The fourth-order valence-electron chi connectivity index (χ4n) is 7.65. The first-order valence-corrected chi connectivity index (χ1v) is 14.2. The summed E-state index contributed by atoms with van der Waals surface area (Å²) in [5.74, 6) is -3.06. The number of likely N-dealkylation sites (tertiary alicyclic amines) is 2. The maximum absolute atomic E-state index is 14.0. The van der Waals surface area contributed by atoms with Gasteiger partial charge in [0.05, 0.1) is 17.9 Å². The number of amides is 2. The minimum Gasteiger partial charge on any atom is -0.508 e. The Morgan fingerprint density at radius 3 is 2.47 bits per heavy atom. The minimum absolute atomic E-state index is 0.0505. The molecule has 1 aliphatic carbocycles. The molecule has 2 aromatic rings. The molecule has 0 radical (unpaired) electrons. The van der Waals surface area contributed by atoms with Gasteiger partial charge in [0.25, 0.3) is 0 Å². The van der Waals surface area contributed by atoms with Gasteiger partial charge in [0.1, 0.15) is 5.75 Å². The summed E-state index contributed by atoms with van der Waals surface area (Å²) in [5, 5.41) is 22.0. The second-order valence-corrected chi connectivity index (χ2v) is 11.7. The van der Waals surface area contributed by atoms with Crippen LogP contribution in [-0.4, -0.2) is 56.7 Å². The summed E-state index contributed by atoms with van der Waals surface area (Å²) in [4.78, 5) is 31.7. The number of hydrogen-bond donors (Lipinski definition) is 2. The number of carbonyl (C=O) groups is 2. The number of carbonyl (C=O) groups excluding carboxylic acids is 2. The molecule has 202 valence electrons. The van der Waals surface area contributed by atoms with Crippen LogP contribution in [0.4, 0.5) is 0 Å². The first kappa shape index (κ1) is 25.5. The van der Waals surface area contributed by atoms with E-state index < -0.39 is 29.6 Å². The van der Waals surface area contributed by atoms with Gasteiger partial charge in [-0.2, -0.15) is 0 Å². The molecule has 6 rings (SSSR count). The zero-order chi connectivity index (χ0) is 26.4. The molecule has 4 aliphatic rings. The van der Waals surface area contributed by atoms with Crippen molar-refractivity contribution in [2.45, 2.75) is 69.9 Å². The second-order valence-electron chi connectivity index (χ2n) is 11.7. The van der Waals surface area contributed by atoms with Crippen LogP contribution in [0.15, 0.2) is 54.6 Å². The number of benzene rings is 2. The van der Waals surface area contributed by atoms with Crippen molar-refractivity contribution in [3.63, 3.8) is 0 Å². The minimum atomic E-state index is -1.45. The number of aliphatic hydroxyl groups is 1. The third-order valence-electron chi connectivity index (χ3n) is 9.45. The molecule has 2 amide bonds. The Labute approximate surface area is 224 Å². The summed E-state index contributed by atoms with van der Waals surface area (Å²) in [7, 11) is 0. The molecule has 38 heavy (non-hydrogen) atoms. The number of rotatable bonds is 6. The van der Waals surface area contributed by atoms with E-state index >= 15 is 0 Å². The lowest BCUT2D eigenvalue weighted by atomic mass is 9.63. The zero-order valence-electron chi connectivity index (χ0n) is 22.0. The van der Waals surface area contributed by atoms with Gasteiger partial charge in [-0.25, -0.2) is 0 Å². The van der Waals surface area contributed by atoms with Gasteiger partial charge in [0.2, 0.25) is 11.8 Å². The Morgan fingerprint density at radius 1 is 1.00 bits per heavy atom. The number of ether oxygens (including phenoxy) is 1. The maximum atomic E-state index is 14.0. The molecular formula is C31H38N2O5. The third-order valence-corrected chi connectivity index (χ3v) is 9.45. The van der Waals surface area contributed by atoms with E-state index in [9.17, 15) is 19.8 Å². The topological polar surface area (TPSA) is 90.3 Å².